The second-order valence-corrected chi connectivity index (χ2v) is 6.22. The Morgan fingerprint density at radius 2 is 2.00 bits per heavy atom. The Balaban J connectivity index is 1.95. The van der Waals surface area contributed by atoms with Gasteiger partial charge in [-0.2, -0.15) is 0 Å². The highest BCUT2D eigenvalue weighted by molar-refractivity contribution is 5.86. The average molecular weight is 307 g/mol. The number of benzene rings is 1. The molecule has 1 aliphatic carbocycles. The Morgan fingerprint density at radius 1 is 1.27 bits per heavy atom. The highest BCUT2D eigenvalue weighted by Crippen LogP contribution is 2.27. The molecule has 5 nitrogen and oxygen atoms in total. The van der Waals surface area contributed by atoms with E-state index >= 15 is 0 Å². The Hall–Kier alpha value is -1.75. The van der Waals surface area contributed by atoms with Crippen molar-refractivity contribution in [2.45, 2.75) is 31.8 Å². The van der Waals surface area contributed by atoms with Gasteiger partial charge in [0.15, 0.2) is 0 Å². The smallest absolute Gasteiger partial charge is 0.412 e. The monoisotopic (exact) mass is 307 g/mol. The van der Waals surface area contributed by atoms with Crippen molar-refractivity contribution in [3.05, 3.63) is 24.3 Å². The summed E-state index contributed by atoms with van der Waals surface area (Å²) in [6.45, 7) is 1.03. The Morgan fingerprint density at radius 3 is 2.73 bits per heavy atom. The maximum atomic E-state index is 12.2. The average Bonchev–Trinajstić information content (AvgIpc) is 2.49. The molecular formula is C17H27N2O3+. The number of para-hydroxylation sites is 2. The zero-order chi connectivity index (χ0) is 15.9. The summed E-state index contributed by atoms with van der Waals surface area (Å²) in [7, 11) is 5.87. The van der Waals surface area contributed by atoms with Crippen LogP contribution in [0.1, 0.15) is 25.7 Å². The minimum atomic E-state index is -0.393. The Labute approximate surface area is 132 Å². The number of anilines is 1. The number of amides is 1. The summed E-state index contributed by atoms with van der Waals surface area (Å²) in [6, 6.07) is 7.35. The number of nitrogens with one attached hydrogen (secondary N) is 2. The van der Waals surface area contributed by atoms with Crippen LogP contribution in [0.4, 0.5) is 10.5 Å². The first-order chi connectivity index (χ1) is 10.6. The summed E-state index contributed by atoms with van der Waals surface area (Å²) in [5, 5.41) is 2.79. The van der Waals surface area contributed by atoms with Crippen LogP contribution >= 0.6 is 0 Å². The van der Waals surface area contributed by atoms with Gasteiger partial charge in [-0.05, 0) is 31.4 Å². The first-order valence-corrected chi connectivity index (χ1v) is 8.00. The third kappa shape index (κ3) is 4.63. The molecule has 2 rings (SSSR count). The molecule has 1 aromatic carbocycles. The molecular weight excluding hydrogens is 280 g/mol. The number of ether oxygens (including phenoxy) is 2. The fraction of sp³-hybridized carbons (Fsp3) is 0.588. The van der Waals surface area contributed by atoms with Gasteiger partial charge in [0.2, 0.25) is 0 Å². The van der Waals surface area contributed by atoms with Crippen molar-refractivity contribution in [3.8, 4) is 5.75 Å². The molecule has 22 heavy (non-hydrogen) atoms. The number of hydrogen-bond acceptors (Lipinski definition) is 3. The lowest BCUT2D eigenvalue weighted by Gasteiger charge is -2.31. The van der Waals surface area contributed by atoms with Crippen molar-refractivity contribution >= 4 is 11.8 Å². The molecule has 2 N–H and O–H groups in total. The normalized spacial score (nSPS) is 21.5. The first-order valence-electron chi connectivity index (χ1n) is 8.00. The summed E-state index contributed by atoms with van der Waals surface area (Å²) in [4.78, 5) is 13.6. The third-order valence-corrected chi connectivity index (χ3v) is 4.11. The van der Waals surface area contributed by atoms with E-state index in [9.17, 15) is 4.79 Å². The molecule has 1 aromatic rings. The SMILES string of the molecule is COc1ccccc1NC(=O)O[C@H]1CCCC[C@@H]1C[NH+](C)C. The van der Waals surface area contributed by atoms with Gasteiger partial charge in [0.25, 0.3) is 0 Å². The molecule has 0 saturated heterocycles. The van der Waals surface area contributed by atoms with Gasteiger partial charge in [0.05, 0.1) is 33.4 Å². The van der Waals surface area contributed by atoms with E-state index in [1.54, 1.807) is 7.11 Å². The van der Waals surface area contributed by atoms with Crippen LogP contribution < -0.4 is 15.0 Å². The quantitative estimate of drug-likeness (QED) is 0.874. The van der Waals surface area contributed by atoms with Crippen LogP contribution in [0.25, 0.3) is 0 Å². The minimum absolute atomic E-state index is 0.0124. The maximum Gasteiger partial charge on any atom is 0.412 e. The number of methoxy groups -OCH3 is 1. The van der Waals surface area contributed by atoms with Gasteiger partial charge in [-0.15, -0.1) is 0 Å². The van der Waals surface area contributed by atoms with E-state index in [-0.39, 0.29) is 6.10 Å². The van der Waals surface area contributed by atoms with E-state index in [1.807, 2.05) is 24.3 Å². The number of hydrogen-bond donors (Lipinski definition) is 2. The standard InChI is InChI=1S/C17H26N2O3/c1-19(2)12-13-8-4-6-10-15(13)22-17(20)18-14-9-5-7-11-16(14)21-3/h5,7,9,11,13,15H,4,6,8,10,12H2,1-3H3,(H,18,20)/p+1/t13-,15+/m1/s1. The number of carbonyl (C=O) groups excluding carboxylic acids is 1. The number of rotatable bonds is 5. The number of carbonyl (C=O) groups is 1. The fourth-order valence-electron chi connectivity index (χ4n) is 3.11. The van der Waals surface area contributed by atoms with E-state index in [2.05, 4.69) is 19.4 Å². The van der Waals surface area contributed by atoms with E-state index in [0.29, 0.717) is 17.4 Å². The van der Waals surface area contributed by atoms with Crippen molar-refractivity contribution < 1.29 is 19.2 Å². The van der Waals surface area contributed by atoms with Gasteiger partial charge in [-0.25, -0.2) is 4.79 Å². The van der Waals surface area contributed by atoms with Crippen molar-refractivity contribution in [1.29, 1.82) is 0 Å². The second kappa shape index (κ2) is 8.03. The summed E-state index contributed by atoms with van der Waals surface area (Å²) in [5.41, 5.74) is 0.639. The number of quaternary nitrogens is 1. The molecule has 122 valence electrons. The van der Waals surface area contributed by atoms with E-state index in [4.69, 9.17) is 9.47 Å². The van der Waals surface area contributed by atoms with Gasteiger partial charge in [-0.3, -0.25) is 5.32 Å². The molecule has 0 unspecified atom stereocenters. The molecule has 1 aliphatic rings. The Bertz CT molecular complexity index is 491. The highest BCUT2D eigenvalue weighted by atomic mass is 16.6. The lowest BCUT2D eigenvalue weighted by atomic mass is 9.86. The van der Waals surface area contributed by atoms with Crippen LogP contribution in [0, 0.1) is 5.92 Å². The lowest BCUT2D eigenvalue weighted by Crippen LogP contribution is -3.06. The summed E-state index contributed by atoms with van der Waals surface area (Å²) >= 11 is 0. The maximum absolute atomic E-state index is 12.2. The highest BCUT2D eigenvalue weighted by Gasteiger charge is 2.30. The topological polar surface area (TPSA) is 52.0 Å². The van der Waals surface area contributed by atoms with Gasteiger partial charge >= 0.3 is 6.09 Å². The second-order valence-electron chi connectivity index (χ2n) is 6.22. The van der Waals surface area contributed by atoms with Crippen molar-refractivity contribution in [2.24, 2.45) is 5.92 Å². The molecule has 0 aromatic heterocycles. The summed E-state index contributed by atoms with van der Waals surface area (Å²) < 4.78 is 10.9. The summed E-state index contributed by atoms with van der Waals surface area (Å²) in [6.07, 6.45) is 4.07. The van der Waals surface area contributed by atoms with Crippen LogP contribution in [0.15, 0.2) is 24.3 Å². The zero-order valence-corrected chi connectivity index (χ0v) is 13.7. The van der Waals surface area contributed by atoms with Crippen LogP contribution in [-0.2, 0) is 4.74 Å². The van der Waals surface area contributed by atoms with E-state index < -0.39 is 6.09 Å². The van der Waals surface area contributed by atoms with Crippen molar-refractivity contribution in [2.75, 3.05) is 33.1 Å². The van der Waals surface area contributed by atoms with Crippen LogP contribution in [-0.4, -0.2) is 39.9 Å². The molecule has 0 heterocycles. The van der Waals surface area contributed by atoms with Gasteiger partial charge < -0.3 is 14.4 Å². The molecule has 1 amide bonds. The minimum Gasteiger partial charge on any atom is -0.495 e. The zero-order valence-electron chi connectivity index (χ0n) is 13.7. The molecule has 2 atom stereocenters. The Kier molecular flexibility index (Phi) is 6.07. The molecule has 0 spiro atoms. The molecule has 1 saturated carbocycles. The molecule has 1 fully saturated rings. The van der Waals surface area contributed by atoms with E-state index in [0.717, 1.165) is 25.8 Å². The molecule has 0 aliphatic heterocycles. The first kappa shape index (κ1) is 16.6. The lowest BCUT2D eigenvalue weighted by molar-refractivity contribution is -0.862. The third-order valence-electron chi connectivity index (χ3n) is 4.11. The van der Waals surface area contributed by atoms with Crippen molar-refractivity contribution in [1.82, 2.24) is 0 Å². The van der Waals surface area contributed by atoms with Gasteiger partial charge in [0, 0.05) is 5.92 Å². The van der Waals surface area contributed by atoms with Crippen LogP contribution in [0.5, 0.6) is 5.75 Å². The fourth-order valence-corrected chi connectivity index (χ4v) is 3.11. The van der Waals surface area contributed by atoms with Crippen LogP contribution in [0.2, 0.25) is 0 Å². The predicted octanol–water partition coefficient (Wildman–Crippen LogP) is 1.95. The van der Waals surface area contributed by atoms with E-state index in [1.165, 1.54) is 11.3 Å². The van der Waals surface area contributed by atoms with Crippen molar-refractivity contribution in [3.63, 3.8) is 0 Å². The largest absolute Gasteiger partial charge is 0.495 e. The molecule has 0 radical (unpaired) electrons. The van der Waals surface area contributed by atoms with Gasteiger partial charge in [0.1, 0.15) is 11.9 Å². The summed E-state index contributed by atoms with van der Waals surface area (Å²) in [5.74, 6) is 1.08. The van der Waals surface area contributed by atoms with Gasteiger partial charge in [-0.1, -0.05) is 18.6 Å². The predicted molar refractivity (Wildman–Crippen MR) is 86.5 cm³/mol. The van der Waals surface area contributed by atoms with Crippen LogP contribution in [0.3, 0.4) is 0 Å². The molecule has 5 heteroatoms. The molecule has 0 bridgehead atoms.